The molecule has 22 heavy (non-hydrogen) atoms. The monoisotopic (exact) mass is 296 g/mol. The SMILES string of the molecule is CCOc1ncccc1C(=O)N(C)[C@@H]1CCc2ccccc21. The van der Waals surface area contributed by atoms with Gasteiger partial charge in [-0.3, -0.25) is 4.79 Å². The minimum Gasteiger partial charge on any atom is -0.477 e. The zero-order chi connectivity index (χ0) is 15.5. The number of fused-ring (bicyclic) bond motifs is 1. The average molecular weight is 296 g/mol. The number of aromatic nitrogens is 1. The minimum atomic E-state index is -0.0433. The molecule has 114 valence electrons. The van der Waals surface area contributed by atoms with Gasteiger partial charge in [0.05, 0.1) is 12.6 Å². The highest BCUT2D eigenvalue weighted by Crippen LogP contribution is 2.35. The molecule has 0 spiro atoms. The van der Waals surface area contributed by atoms with Gasteiger partial charge in [-0.25, -0.2) is 4.98 Å². The summed E-state index contributed by atoms with van der Waals surface area (Å²) in [6, 6.07) is 12.0. The van der Waals surface area contributed by atoms with Crippen molar-refractivity contribution in [2.75, 3.05) is 13.7 Å². The highest BCUT2D eigenvalue weighted by molar-refractivity contribution is 5.96. The van der Waals surface area contributed by atoms with Crippen molar-refractivity contribution in [1.82, 2.24) is 9.88 Å². The Morgan fingerprint density at radius 2 is 2.14 bits per heavy atom. The van der Waals surface area contributed by atoms with Gasteiger partial charge >= 0.3 is 0 Å². The topological polar surface area (TPSA) is 42.4 Å². The molecule has 2 aromatic rings. The Balaban J connectivity index is 1.87. The van der Waals surface area contributed by atoms with Gasteiger partial charge in [0.25, 0.3) is 5.91 Å². The van der Waals surface area contributed by atoms with E-state index in [1.54, 1.807) is 18.3 Å². The minimum absolute atomic E-state index is 0.0433. The van der Waals surface area contributed by atoms with E-state index in [2.05, 4.69) is 23.2 Å². The lowest BCUT2D eigenvalue weighted by Gasteiger charge is -2.26. The molecule has 1 heterocycles. The van der Waals surface area contributed by atoms with Crippen molar-refractivity contribution in [2.24, 2.45) is 0 Å². The first-order valence-electron chi connectivity index (χ1n) is 7.65. The number of aryl methyl sites for hydroxylation is 1. The summed E-state index contributed by atoms with van der Waals surface area (Å²) in [4.78, 5) is 18.8. The lowest BCUT2D eigenvalue weighted by molar-refractivity contribution is 0.0725. The number of ether oxygens (including phenoxy) is 1. The van der Waals surface area contributed by atoms with Gasteiger partial charge in [-0.15, -0.1) is 0 Å². The summed E-state index contributed by atoms with van der Waals surface area (Å²) in [5, 5.41) is 0. The molecule has 0 N–H and O–H groups in total. The van der Waals surface area contributed by atoms with Crippen LogP contribution in [0.3, 0.4) is 0 Å². The van der Waals surface area contributed by atoms with Crippen molar-refractivity contribution in [3.63, 3.8) is 0 Å². The first-order chi connectivity index (χ1) is 10.7. The summed E-state index contributed by atoms with van der Waals surface area (Å²) in [6.07, 6.45) is 3.63. The fourth-order valence-electron chi connectivity index (χ4n) is 3.07. The van der Waals surface area contributed by atoms with Crippen molar-refractivity contribution in [3.8, 4) is 5.88 Å². The first kappa shape index (κ1) is 14.6. The normalized spacial score (nSPS) is 16.2. The number of benzene rings is 1. The molecule has 1 aliphatic rings. The third-order valence-electron chi connectivity index (χ3n) is 4.17. The number of carbonyl (C=O) groups is 1. The number of rotatable bonds is 4. The molecule has 1 aromatic carbocycles. The number of pyridine rings is 1. The zero-order valence-electron chi connectivity index (χ0n) is 13.0. The second-order valence-electron chi connectivity index (χ2n) is 5.46. The van der Waals surface area contributed by atoms with E-state index in [9.17, 15) is 4.79 Å². The molecule has 1 aliphatic carbocycles. The molecular formula is C18H20N2O2. The van der Waals surface area contributed by atoms with Gasteiger partial charge in [-0.05, 0) is 43.0 Å². The smallest absolute Gasteiger partial charge is 0.259 e. The fourth-order valence-corrected chi connectivity index (χ4v) is 3.07. The number of carbonyl (C=O) groups excluding carboxylic acids is 1. The Morgan fingerprint density at radius 1 is 1.32 bits per heavy atom. The first-order valence-corrected chi connectivity index (χ1v) is 7.65. The molecule has 0 unspecified atom stereocenters. The molecule has 0 saturated carbocycles. The molecule has 0 fully saturated rings. The van der Waals surface area contributed by atoms with Crippen LogP contribution >= 0.6 is 0 Å². The molecule has 1 atom stereocenters. The van der Waals surface area contributed by atoms with E-state index in [-0.39, 0.29) is 11.9 Å². The largest absolute Gasteiger partial charge is 0.477 e. The maximum Gasteiger partial charge on any atom is 0.259 e. The van der Waals surface area contributed by atoms with Crippen LogP contribution in [-0.2, 0) is 6.42 Å². The number of amides is 1. The van der Waals surface area contributed by atoms with E-state index in [1.807, 2.05) is 24.9 Å². The van der Waals surface area contributed by atoms with Crippen molar-refractivity contribution >= 4 is 5.91 Å². The molecule has 1 aromatic heterocycles. The summed E-state index contributed by atoms with van der Waals surface area (Å²) >= 11 is 0. The van der Waals surface area contributed by atoms with Crippen molar-refractivity contribution in [3.05, 3.63) is 59.3 Å². The molecule has 0 radical (unpaired) electrons. The predicted molar refractivity (Wildman–Crippen MR) is 85.0 cm³/mol. The Hall–Kier alpha value is -2.36. The summed E-state index contributed by atoms with van der Waals surface area (Å²) in [5.41, 5.74) is 3.11. The zero-order valence-corrected chi connectivity index (χ0v) is 13.0. The number of hydrogen-bond donors (Lipinski definition) is 0. The highest BCUT2D eigenvalue weighted by atomic mass is 16.5. The highest BCUT2D eigenvalue weighted by Gasteiger charge is 2.30. The molecule has 4 nitrogen and oxygen atoms in total. The summed E-state index contributed by atoms with van der Waals surface area (Å²) in [5.74, 6) is 0.367. The maximum atomic E-state index is 12.8. The van der Waals surface area contributed by atoms with Crippen LogP contribution in [-0.4, -0.2) is 29.4 Å². The lowest BCUT2D eigenvalue weighted by atomic mass is 10.1. The third-order valence-corrected chi connectivity index (χ3v) is 4.17. The molecule has 1 amide bonds. The number of nitrogens with zero attached hydrogens (tertiary/aromatic N) is 2. The summed E-state index contributed by atoms with van der Waals surface area (Å²) in [6.45, 7) is 2.38. The van der Waals surface area contributed by atoms with Gasteiger partial charge < -0.3 is 9.64 Å². The van der Waals surface area contributed by atoms with Gasteiger partial charge in [-0.1, -0.05) is 24.3 Å². The van der Waals surface area contributed by atoms with E-state index in [0.29, 0.717) is 18.1 Å². The Bertz CT molecular complexity index is 684. The fraction of sp³-hybridized carbons (Fsp3) is 0.333. The quantitative estimate of drug-likeness (QED) is 0.870. The predicted octanol–water partition coefficient (Wildman–Crippen LogP) is 3.24. The van der Waals surface area contributed by atoms with E-state index >= 15 is 0 Å². The van der Waals surface area contributed by atoms with Gasteiger partial charge in [0.2, 0.25) is 5.88 Å². The van der Waals surface area contributed by atoms with Crippen molar-refractivity contribution in [1.29, 1.82) is 0 Å². The molecule has 0 bridgehead atoms. The lowest BCUT2D eigenvalue weighted by Crippen LogP contribution is -2.30. The second kappa shape index (κ2) is 6.18. The van der Waals surface area contributed by atoms with E-state index < -0.39 is 0 Å². The second-order valence-corrected chi connectivity index (χ2v) is 5.46. The van der Waals surface area contributed by atoms with Crippen LogP contribution in [0.4, 0.5) is 0 Å². The van der Waals surface area contributed by atoms with Gasteiger partial charge in [0.15, 0.2) is 0 Å². The van der Waals surface area contributed by atoms with Gasteiger partial charge in [0, 0.05) is 13.2 Å². The van der Waals surface area contributed by atoms with Gasteiger partial charge in [-0.2, -0.15) is 0 Å². The summed E-state index contributed by atoms with van der Waals surface area (Å²) in [7, 11) is 1.86. The molecule has 0 saturated heterocycles. The summed E-state index contributed by atoms with van der Waals surface area (Å²) < 4.78 is 5.48. The van der Waals surface area contributed by atoms with Crippen LogP contribution < -0.4 is 4.74 Å². The van der Waals surface area contributed by atoms with Crippen LogP contribution in [0.15, 0.2) is 42.6 Å². The van der Waals surface area contributed by atoms with E-state index in [4.69, 9.17) is 4.74 Å². The Kier molecular flexibility index (Phi) is 4.09. The Labute approximate surface area is 130 Å². The standard InChI is InChI=1S/C18H20N2O2/c1-3-22-17-15(9-6-12-19-17)18(21)20(2)16-11-10-13-7-4-5-8-14(13)16/h4-9,12,16H,3,10-11H2,1-2H3/t16-/m1/s1. The van der Waals surface area contributed by atoms with E-state index in [1.165, 1.54) is 11.1 Å². The molecular weight excluding hydrogens is 276 g/mol. The Morgan fingerprint density at radius 3 is 2.95 bits per heavy atom. The van der Waals surface area contributed by atoms with Crippen molar-refractivity contribution < 1.29 is 9.53 Å². The van der Waals surface area contributed by atoms with Crippen LogP contribution in [0.25, 0.3) is 0 Å². The van der Waals surface area contributed by atoms with Crippen LogP contribution in [0.5, 0.6) is 5.88 Å². The number of hydrogen-bond acceptors (Lipinski definition) is 3. The molecule has 3 rings (SSSR count). The van der Waals surface area contributed by atoms with E-state index in [0.717, 1.165) is 12.8 Å². The third kappa shape index (κ3) is 2.56. The molecule has 4 heteroatoms. The molecule has 0 aliphatic heterocycles. The van der Waals surface area contributed by atoms with Crippen LogP contribution in [0, 0.1) is 0 Å². The van der Waals surface area contributed by atoms with Gasteiger partial charge in [0.1, 0.15) is 5.56 Å². The average Bonchev–Trinajstić information content (AvgIpc) is 2.98. The maximum absolute atomic E-state index is 12.8. The van der Waals surface area contributed by atoms with Crippen LogP contribution in [0.1, 0.15) is 40.9 Å². The van der Waals surface area contributed by atoms with Crippen molar-refractivity contribution in [2.45, 2.75) is 25.8 Å². The van der Waals surface area contributed by atoms with Crippen LogP contribution in [0.2, 0.25) is 0 Å².